The molecule has 0 bridgehead atoms. The number of hydrogen-bond donors (Lipinski definition) is 1. The van der Waals surface area contributed by atoms with Crippen LogP contribution in [0.2, 0.25) is 0 Å². The average molecular weight is 389 g/mol. The second kappa shape index (κ2) is 11.1. The molecule has 3 rings (SSSR count). The van der Waals surface area contributed by atoms with Gasteiger partial charge in [-0.1, -0.05) is 86.6 Å². The van der Waals surface area contributed by atoms with Crippen LogP contribution in [-0.2, 0) is 6.42 Å². The molecule has 0 aromatic heterocycles. The summed E-state index contributed by atoms with van der Waals surface area (Å²) in [7, 11) is 0. The summed E-state index contributed by atoms with van der Waals surface area (Å²) < 4.78 is 0. The van der Waals surface area contributed by atoms with E-state index in [4.69, 9.17) is 0 Å². The molecule has 0 fully saturated rings. The first-order valence-electron chi connectivity index (χ1n) is 11.2. The summed E-state index contributed by atoms with van der Waals surface area (Å²) >= 11 is 0. The largest absolute Gasteiger partial charge is 0.307 e. The molecular formula is C27H36N2. The molecule has 0 aliphatic rings. The Kier molecular flexibility index (Phi) is 8.27. The summed E-state index contributed by atoms with van der Waals surface area (Å²) in [6.45, 7) is 10.3. The maximum atomic E-state index is 3.97. The van der Waals surface area contributed by atoms with E-state index < -0.39 is 0 Å². The van der Waals surface area contributed by atoms with Crippen LogP contribution in [0.4, 0.5) is 0 Å². The first-order chi connectivity index (χ1) is 14.2. The molecule has 2 heteroatoms. The smallest absolute Gasteiger partial charge is 0.0369 e. The quantitative estimate of drug-likeness (QED) is 0.419. The molecule has 0 aliphatic carbocycles. The lowest BCUT2D eigenvalue weighted by Gasteiger charge is -2.26. The van der Waals surface area contributed by atoms with Crippen LogP contribution in [0.1, 0.15) is 50.8 Å². The lowest BCUT2D eigenvalue weighted by Crippen LogP contribution is -2.33. The van der Waals surface area contributed by atoms with Gasteiger partial charge in [-0.25, -0.2) is 0 Å². The van der Waals surface area contributed by atoms with Crippen LogP contribution in [0.3, 0.4) is 0 Å². The second-order valence-electron chi connectivity index (χ2n) is 8.05. The van der Waals surface area contributed by atoms with Crippen molar-refractivity contribution >= 4 is 10.8 Å². The Bertz CT molecular complexity index is 849. The first kappa shape index (κ1) is 21.5. The Morgan fingerprint density at radius 3 is 2.28 bits per heavy atom. The van der Waals surface area contributed by atoms with E-state index in [1.807, 2.05) is 0 Å². The van der Waals surface area contributed by atoms with Crippen LogP contribution < -0.4 is 5.32 Å². The predicted octanol–water partition coefficient (Wildman–Crippen LogP) is 6.22. The Morgan fingerprint density at radius 2 is 1.52 bits per heavy atom. The van der Waals surface area contributed by atoms with Crippen molar-refractivity contribution < 1.29 is 0 Å². The molecule has 0 radical (unpaired) electrons. The van der Waals surface area contributed by atoms with Crippen LogP contribution in [0.15, 0.2) is 72.8 Å². The third-order valence-electron chi connectivity index (χ3n) is 5.97. The molecule has 154 valence electrons. The topological polar surface area (TPSA) is 15.3 Å². The van der Waals surface area contributed by atoms with Gasteiger partial charge in [0.05, 0.1) is 0 Å². The van der Waals surface area contributed by atoms with E-state index in [0.29, 0.717) is 12.1 Å². The summed E-state index contributed by atoms with van der Waals surface area (Å²) in [5.41, 5.74) is 2.79. The van der Waals surface area contributed by atoms with E-state index >= 15 is 0 Å². The highest BCUT2D eigenvalue weighted by molar-refractivity contribution is 5.86. The average Bonchev–Trinajstić information content (AvgIpc) is 2.76. The molecule has 0 spiro atoms. The minimum absolute atomic E-state index is 0.312. The lowest BCUT2D eigenvalue weighted by molar-refractivity contribution is 0.288. The molecule has 29 heavy (non-hydrogen) atoms. The molecule has 1 N–H and O–H groups in total. The SMILES string of the molecule is CCN(CC)CCC[C@@H](C)N[C@@H](Cc1ccccc1)c1cccc2ccccc12. The van der Waals surface area contributed by atoms with E-state index in [1.54, 1.807) is 0 Å². The Morgan fingerprint density at radius 1 is 0.828 bits per heavy atom. The fourth-order valence-electron chi connectivity index (χ4n) is 4.25. The van der Waals surface area contributed by atoms with E-state index in [0.717, 1.165) is 19.5 Å². The number of rotatable bonds is 11. The fourth-order valence-corrected chi connectivity index (χ4v) is 4.25. The number of nitrogens with zero attached hydrogens (tertiary/aromatic N) is 1. The number of nitrogens with one attached hydrogen (secondary N) is 1. The maximum absolute atomic E-state index is 3.97. The van der Waals surface area contributed by atoms with E-state index in [2.05, 4.69) is 104 Å². The van der Waals surface area contributed by atoms with Crippen molar-refractivity contribution in [2.75, 3.05) is 19.6 Å². The number of hydrogen-bond acceptors (Lipinski definition) is 2. The van der Waals surface area contributed by atoms with Crippen LogP contribution in [0.25, 0.3) is 10.8 Å². The Balaban J connectivity index is 1.76. The molecule has 0 heterocycles. The van der Waals surface area contributed by atoms with Crippen molar-refractivity contribution in [2.45, 2.75) is 52.1 Å². The number of benzene rings is 3. The summed E-state index contributed by atoms with van der Waals surface area (Å²) in [5, 5.41) is 6.64. The zero-order valence-corrected chi connectivity index (χ0v) is 18.3. The van der Waals surface area contributed by atoms with Crippen LogP contribution in [0, 0.1) is 0 Å². The van der Waals surface area contributed by atoms with Crippen molar-refractivity contribution in [3.63, 3.8) is 0 Å². The lowest BCUT2D eigenvalue weighted by atomic mass is 9.93. The third-order valence-corrected chi connectivity index (χ3v) is 5.97. The fraction of sp³-hybridized carbons (Fsp3) is 0.407. The molecule has 0 saturated heterocycles. The van der Waals surface area contributed by atoms with Crippen LogP contribution in [-0.4, -0.2) is 30.6 Å². The van der Waals surface area contributed by atoms with Crippen LogP contribution in [0.5, 0.6) is 0 Å². The second-order valence-corrected chi connectivity index (χ2v) is 8.05. The molecule has 2 nitrogen and oxygen atoms in total. The summed E-state index contributed by atoms with van der Waals surface area (Å²) in [6, 6.07) is 27.1. The van der Waals surface area contributed by atoms with Gasteiger partial charge in [-0.05, 0) is 67.7 Å². The van der Waals surface area contributed by atoms with Gasteiger partial charge < -0.3 is 10.2 Å². The van der Waals surface area contributed by atoms with Gasteiger partial charge in [-0.15, -0.1) is 0 Å². The summed E-state index contributed by atoms with van der Waals surface area (Å²) in [6.07, 6.45) is 3.45. The van der Waals surface area contributed by atoms with Gasteiger partial charge in [0.1, 0.15) is 0 Å². The van der Waals surface area contributed by atoms with Crippen molar-refractivity contribution in [3.8, 4) is 0 Å². The van der Waals surface area contributed by atoms with Crippen molar-refractivity contribution in [1.29, 1.82) is 0 Å². The molecule has 0 amide bonds. The Hall–Kier alpha value is -2.16. The number of fused-ring (bicyclic) bond motifs is 1. The molecule has 2 atom stereocenters. The van der Waals surface area contributed by atoms with Gasteiger partial charge in [0, 0.05) is 12.1 Å². The van der Waals surface area contributed by atoms with Gasteiger partial charge in [-0.2, -0.15) is 0 Å². The van der Waals surface area contributed by atoms with E-state index in [-0.39, 0.29) is 0 Å². The van der Waals surface area contributed by atoms with Gasteiger partial charge in [-0.3, -0.25) is 0 Å². The first-order valence-corrected chi connectivity index (χ1v) is 11.2. The maximum Gasteiger partial charge on any atom is 0.0369 e. The highest BCUT2D eigenvalue weighted by atomic mass is 15.1. The van der Waals surface area contributed by atoms with E-state index in [1.165, 1.54) is 41.3 Å². The highest BCUT2D eigenvalue weighted by Crippen LogP contribution is 2.27. The monoisotopic (exact) mass is 388 g/mol. The summed E-state index contributed by atoms with van der Waals surface area (Å²) in [4.78, 5) is 2.51. The predicted molar refractivity (Wildman–Crippen MR) is 126 cm³/mol. The highest BCUT2D eigenvalue weighted by Gasteiger charge is 2.17. The standard InChI is InChI=1S/C27H36N2/c1-4-29(5-2)20-12-13-22(3)28-27(21-23-14-7-6-8-15-23)26-19-11-17-24-16-9-10-18-25(24)26/h6-11,14-19,22,27-28H,4-5,12-13,20-21H2,1-3H3/t22-,27+/m1/s1. The Labute approximate surface area is 176 Å². The molecule has 0 aliphatic heterocycles. The zero-order valence-electron chi connectivity index (χ0n) is 18.3. The van der Waals surface area contributed by atoms with Crippen molar-refractivity contribution in [1.82, 2.24) is 10.2 Å². The van der Waals surface area contributed by atoms with Crippen molar-refractivity contribution in [2.24, 2.45) is 0 Å². The molecule has 0 unspecified atom stereocenters. The minimum Gasteiger partial charge on any atom is -0.307 e. The third kappa shape index (κ3) is 6.16. The molecular weight excluding hydrogens is 352 g/mol. The molecule has 3 aromatic carbocycles. The van der Waals surface area contributed by atoms with Gasteiger partial charge in [0.15, 0.2) is 0 Å². The zero-order chi connectivity index (χ0) is 20.5. The van der Waals surface area contributed by atoms with E-state index in [9.17, 15) is 0 Å². The van der Waals surface area contributed by atoms with Crippen molar-refractivity contribution in [3.05, 3.63) is 83.9 Å². The minimum atomic E-state index is 0.312. The van der Waals surface area contributed by atoms with Gasteiger partial charge in [0.2, 0.25) is 0 Å². The normalized spacial score (nSPS) is 13.7. The molecule has 3 aromatic rings. The van der Waals surface area contributed by atoms with Gasteiger partial charge >= 0.3 is 0 Å². The molecule has 0 saturated carbocycles. The van der Waals surface area contributed by atoms with Crippen LogP contribution >= 0.6 is 0 Å². The van der Waals surface area contributed by atoms with Gasteiger partial charge in [0.25, 0.3) is 0 Å². The summed E-state index contributed by atoms with van der Waals surface area (Å²) in [5.74, 6) is 0.